The number of hydrogen-bond donors (Lipinski definition) is 0. The first-order chi connectivity index (χ1) is 20.5. The second-order valence-corrected chi connectivity index (χ2v) is 10.8. The van der Waals surface area contributed by atoms with Crippen molar-refractivity contribution in [1.29, 1.82) is 0 Å². The summed E-state index contributed by atoms with van der Waals surface area (Å²) in [4.78, 5) is 48.1. The van der Waals surface area contributed by atoms with E-state index in [2.05, 4.69) is 13.8 Å². The largest absolute Gasteiger partial charge is 0.491 e. The molecule has 3 aromatic carbocycles. The third-order valence-electron chi connectivity index (χ3n) is 6.37. The minimum Gasteiger partial charge on any atom is -0.491 e. The van der Waals surface area contributed by atoms with Crippen LogP contribution in [0.2, 0.25) is 0 Å². The third-order valence-corrected chi connectivity index (χ3v) is 7.28. The van der Waals surface area contributed by atoms with Crippen molar-refractivity contribution in [2.24, 2.45) is 0 Å². The molecule has 3 aromatic rings. The van der Waals surface area contributed by atoms with Crippen molar-refractivity contribution >= 4 is 40.4 Å². The smallest absolute Gasteiger partial charge is 0.318 e. The number of aryl methyl sites for hydroxylation is 1. The average molecular weight is 608 g/mol. The van der Waals surface area contributed by atoms with E-state index >= 15 is 0 Å². The van der Waals surface area contributed by atoms with E-state index in [4.69, 9.17) is 14.2 Å². The van der Waals surface area contributed by atoms with Crippen LogP contribution in [0.5, 0.6) is 23.0 Å². The van der Waals surface area contributed by atoms with E-state index in [1.54, 1.807) is 25.1 Å². The fraction of sp³-hybridized carbons (Fsp3) is 0.267. The van der Waals surface area contributed by atoms with Gasteiger partial charge in [0.2, 0.25) is 5.75 Å². The first-order valence-corrected chi connectivity index (χ1v) is 14.2. The van der Waals surface area contributed by atoms with Crippen molar-refractivity contribution in [3.8, 4) is 23.0 Å². The Morgan fingerprint density at radius 3 is 2.33 bits per heavy atom. The normalized spacial score (nSPS) is 14.0. The summed E-state index contributed by atoms with van der Waals surface area (Å²) >= 11 is 0.809. The van der Waals surface area contributed by atoms with E-state index in [0.717, 1.165) is 51.7 Å². The van der Waals surface area contributed by atoms with Gasteiger partial charge in [0.1, 0.15) is 12.4 Å². The van der Waals surface area contributed by atoms with Gasteiger partial charge in [0.15, 0.2) is 11.5 Å². The van der Waals surface area contributed by atoms with Gasteiger partial charge in [-0.05, 0) is 78.6 Å². The molecule has 0 spiro atoms. The van der Waals surface area contributed by atoms with Crippen LogP contribution in [0.1, 0.15) is 43.4 Å². The lowest BCUT2D eigenvalue weighted by Gasteiger charge is -2.17. The van der Waals surface area contributed by atoms with Gasteiger partial charge in [-0.3, -0.25) is 34.7 Å². The number of benzene rings is 3. The summed E-state index contributed by atoms with van der Waals surface area (Å²) < 4.78 is 17.3. The Morgan fingerprint density at radius 2 is 1.65 bits per heavy atom. The molecule has 1 fully saturated rings. The zero-order valence-electron chi connectivity index (χ0n) is 23.9. The van der Waals surface area contributed by atoms with Crippen LogP contribution >= 0.6 is 11.8 Å². The Hall–Kier alpha value is -4.91. The molecule has 0 aromatic heterocycles. The van der Waals surface area contributed by atoms with Gasteiger partial charge in [0, 0.05) is 6.07 Å². The fourth-order valence-corrected chi connectivity index (χ4v) is 5.13. The Labute approximate surface area is 251 Å². The summed E-state index contributed by atoms with van der Waals surface area (Å²) in [6.45, 7) is 8.29. The molecule has 0 unspecified atom stereocenters. The Morgan fingerprint density at radius 1 is 0.907 bits per heavy atom. The number of imide groups is 1. The molecule has 1 saturated heterocycles. The molecule has 4 rings (SSSR count). The summed E-state index contributed by atoms with van der Waals surface area (Å²) in [5.41, 5.74) is 1.58. The van der Waals surface area contributed by atoms with E-state index in [1.807, 2.05) is 25.1 Å². The minimum atomic E-state index is -0.775. The molecule has 1 aliphatic rings. The van der Waals surface area contributed by atoms with Crippen molar-refractivity contribution in [2.45, 2.75) is 33.6 Å². The van der Waals surface area contributed by atoms with Crippen LogP contribution in [0.4, 0.5) is 16.2 Å². The van der Waals surface area contributed by atoms with Gasteiger partial charge in [-0.15, -0.1) is 0 Å². The molecule has 0 aliphatic carbocycles. The molecular weight excluding hydrogens is 578 g/mol. The van der Waals surface area contributed by atoms with Gasteiger partial charge >= 0.3 is 5.69 Å². The lowest BCUT2D eigenvalue weighted by Crippen LogP contribution is -2.32. The Kier molecular flexibility index (Phi) is 9.66. The van der Waals surface area contributed by atoms with E-state index < -0.39 is 32.4 Å². The van der Waals surface area contributed by atoms with E-state index in [9.17, 15) is 29.8 Å². The molecule has 0 N–H and O–H groups in total. The first-order valence-electron chi connectivity index (χ1n) is 13.3. The maximum absolute atomic E-state index is 13.1. The number of non-ortho nitro benzene ring substituents is 1. The number of carbonyl (C=O) groups excluding carboxylic acids is 2. The van der Waals surface area contributed by atoms with Crippen molar-refractivity contribution in [2.75, 3.05) is 19.8 Å². The summed E-state index contributed by atoms with van der Waals surface area (Å²) in [5.74, 6) is 0.653. The number of rotatable bonds is 12. The highest BCUT2D eigenvalue weighted by atomic mass is 32.2. The number of carbonyl (C=O) groups is 2. The molecular formula is C30H29N3O9S. The minimum absolute atomic E-state index is 0.0818. The number of nitro benzene ring substituents is 2. The van der Waals surface area contributed by atoms with Crippen molar-refractivity contribution in [3.63, 3.8) is 0 Å². The lowest BCUT2D eigenvalue weighted by atomic mass is 10.0. The second kappa shape index (κ2) is 13.4. The number of nitro groups is 2. The lowest BCUT2D eigenvalue weighted by molar-refractivity contribution is -0.394. The van der Waals surface area contributed by atoms with Gasteiger partial charge in [0.25, 0.3) is 16.8 Å². The molecule has 224 valence electrons. The van der Waals surface area contributed by atoms with Crippen LogP contribution < -0.4 is 14.2 Å². The third kappa shape index (κ3) is 7.30. The molecule has 13 heteroatoms. The zero-order chi connectivity index (χ0) is 31.3. The predicted molar refractivity (Wildman–Crippen MR) is 161 cm³/mol. The van der Waals surface area contributed by atoms with Gasteiger partial charge < -0.3 is 14.2 Å². The fourth-order valence-electron chi connectivity index (χ4n) is 4.27. The molecule has 0 atom stereocenters. The highest BCUT2D eigenvalue weighted by Crippen LogP contribution is 2.40. The topological polar surface area (TPSA) is 151 Å². The number of thioether (sulfide) groups is 1. The summed E-state index contributed by atoms with van der Waals surface area (Å²) in [6.07, 6.45) is 1.55. The summed E-state index contributed by atoms with van der Waals surface area (Å²) in [6, 6.07) is 13.7. The van der Waals surface area contributed by atoms with Crippen molar-refractivity contribution in [1.82, 2.24) is 4.90 Å². The maximum Gasteiger partial charge on any atom is 0.318 e. The number of nitrogens with zero attached hydrogens (tertiary/aromatic N) is 3. The molecule has 1 aliphatic heterocycles. The van der Waals surface area contributed by atoms with Gasteiger partial charge in [-0.25, -0.2) is 0 Å². The van der Waals surface area contributed by atoms with E-state index in [1.165, 1.54) is 6.07 Å². The number of ether oxygens (including phenoxy) is 3. The van der Waals surface area contributed by atoms with Crippen LogP contribution in [-0.4, -0.2) is 45.7 Å². The summed E-state index contributed by atoms with van der Waals surface area (Å²) in [7, 11) is 0. The predicted octanol–water partition coefficient (Wildman–Crippen LogP) is 7.24. The Balaban J connectivity index is 1.50. The van der Waals surface area contributed by atoms with Crippen LogP contribution in [0.15, 0.2) is 59.5 Å². The standard InChI is InChI=1S/C30H29N3O9S/c1-5-40-27-15-20(7-10-25(27)42-24-11-8-21(32(36)37)17-23(24)33(38)39)16-28-29(34)31(30(35)43-28)12-13-41-26-14-19(4)6-9-22(26)18(2)3/h6-11,14-18H,5,12-13H2,1-4H3/b28-16-. The Bertz CT molecular complexity index is 1620. The van der Waals surface area contributed by atoms with Crippen LogP contribution in [0, 0.1) is 27.2 Å². The van der Waals surface area contributed by atoms with E-state index in [0.29, 0.717) is 5.56 Å². The van der Waals surface area contributed by atoms with Crippen molar-refractivity contribution < 1.29 is 33.6 Å². The molecule has 0 radical (unpaired) electrons. The maximum atomic E-state index is 13.1. The molecule has 1 heterocycles. The molecule has 12 nitrogen and oxygen atoms in total. The van der Waals surface area contributed by atoms with Crippen LogP contribution in [0.25, 0.3) is 6.08 Å². The quantitative estimate of drug-likeness (QED) is 0.117. The van der Waals surface area contributed by atoms with Gasteiger partial charge in [-0.2, -0.15) is 0 Å². The first kappa shape index (κ1) is 31.0. The second-order valence-electron chi connectivity index (χ2n) is 9.79. The number of amides is 2. The highest BCUT2D eigenvalue weighted by Gasteiger charge is 2.35. The molecule has 43 heavy (non-hydrogen) atoms. The average Bonchev–Trinajstić information content (AvgIpc) is 3.21. The van der Waals surface area contributed by atoms with Gasteiger partial charge in [-0.1, -0.05) is 32.0 Å². The van der Waals surface area contributed by atoms with Gasteiger partial charge in [0.05, 0.1) is 34.0 Å². The SMILES string of the molecule is CCOc1cc(/C=C2\SC(=O)N(CCOc3cc(C)ccc3C(C)C)C2=O)ccc1Oc1ccc([N+](=O)[O-])cc1[N+](=O)[O-]. The monoisotopic (exact) mass is 607 g/mol. The van der Waals surface area contributed by atoms with Crippen molar-refractivity contribution in [3.05, 3.63) is 96.4 Å². The highest BCUT2D eigenvalue weighted by molar-refractivity contribution is 8.18. The van der Waals surface area contributed by atoms with Crippen LogP contribution in [0.3, 0.4) is 0 Å². The summed E-state index contributed by atoms with van der Waals surface area (Å²) in [5, 5.41) is 22.1. The van der Waals surface area contributed by atoms with E-state index in [-0.39, 0.29) is 47.8 Å². The zero-order valence-corrected chi connectivity index (χ0v) is 24.7. The molecule has 2 amide bonds. The molecule has 0 bridgehead atoms. The van der Waals surface area contributed by atoms with Crippen LogP contribution in [-0.2, 0) is 4.79 Å². The number of hydrogen-bond acceptors (Lipinski definition) is 10. The molecule has 0 saturated carbocycles.